The number of amides is 1. The Labute approximate surface area is 126 Å². The van der Waals surface area contributed by atoms with Crippen molar-refractivity contribution in [3.8, 4) is 0 Å². The molecule has 4 nitrogen and oxygen atoms in total. The molecule has 0 bridgehead atoms. The summed E-state index contributed by atoms with van der Waals surface area (Å²) in [4.78, 5) is 14.1. The minimum absolute atomic E-state index is 0.0354. The van der Waals surface area contributed by atoms with Crippen LogP contribution in [0.4, 0.5) is 0 Å². The van der Waals surface area contributed by atoms with Crippen LogP contribution in [0.2, 0.25) is 0 Å². The van der Waals surface area contributed by atoms with Crippen molar-refractivity contribution in [1.29, 1.82) is 0 Å². The predicted molar refractivity (Wildman–Crippen MR) is 82.9 cm³/mol. The predicted octanol–water partition coefficient (Wildman–Crippen LogP) is 2.61. The number of nitrogens with zero attached hydrogens (tertiary/aromatic N) is 3. The number of carbonyl (C=O) groups is 1. The van der Waals surface area contributed by atoms with E-state index in [0.29, 0.717) is 6.54 Å². The molecule has 0 aliphatic rings. The molecule has 0 atom stereocenters. The lowest BCUT2D eigenvalue weighted by Gasteiger charge is -2.17. The largest absolute Gasteiger partial charge is 0.337 e. The van der Waals surface area contributed by atoms with Gasteiger partial charge in [0.1, 0.15) is 0 Å². The van der Waals surface area contributed by atoms with Crippen LogP contribution in [0, 0.1) is 10.5 Å². The summed E-state index contributed by atoms with van der Waals surface area (Å²) in [5.74, 6) is 0.0354. The van der Waals surface area contributed by atoms with Crippen LogP contribution in [-0.4, -0.2) is 27.6 Å². The van der Waals surface area contributed by atoms with Gasteiger partial charge in [0.25, 0.3) is 5.91 Å². The van der Waals surface area contributed by atoms with E-state index in [1.54, 1.807) is 4.90 Å². The van der Waals surface area contributed by atoms with Gasteiger partial charge in [-0.1, -0.05) is 12.1 Å². The first-order chi connectivity index (χ1) is 9.00. The minimum Gasteiger partial charge on any atom is -0.337 e. The molecular formula is C14H16IN3O. The molecule has 19 heavy (non-hydrogen) atoms. The van der Waals surface area contributed by atoms with Gasteiger partial charge in [0.15, 0.2) is 0 Å². The van der Waals surface area contributed by atoms with Crippen molar-refractivity contribution in [3.63, 3.8) is 0 Å². The molecule has 1 aromatic heterocycles. The van der Waals surface area contributed by atoms with Gasteiger partial charge in [0.05, 0.1) is 11.8 Å². The molecule has 0 saturated carbocycles. The molecule has 100 valence electrons. The second-order valence-electron chi connectivity index (χ2n) is 4.52. The summed E-state index contributed by atoms with van der Waals surface area (Å²) in [6.45, 7) is 2.58. The van der Waals surface area contributed by atoms with E-state index in [2.05, 4.69) is 27.7 Å². The normalized spacial score (nSPS) is 10.5. The average Bonchev–Trinajstić information content (AvgIpc) is 2.70. The summed E-state index contributed by atoms with van der Waals surface area (Å²) in [7, 11) is 3.72. The Morgan fingerprint density at radius 2 is 2.11 bits per heavy atom. The Kier molecular flexibility index (Phi) is 4.24. The van der Waals surface area contributed by atoms with E-state index in [1.807, 2.05) is 56.2 Å². The Morgan fingerprint density at radius 3 is 2.68 bits per heavy atom. The van der Waals surface area contributed by atoms with Gasteiger partial charge in [0, 0.05) is 35.5 Å². The smallest absolute Gasteiger partial charge is 0.254 e. The number of hydrogen-bond acceptors (Lipinski definition) is 2. The SMILES string of the molecule is Cc1c(CN(C)C(=O)c2ccccc2I)cnn1C. The zero-order chi connectivity index (χ0) is 14.0. The highest BCUT2D eigenvalue weighted by Gasteiger charge is 2.16. The van der Waals surface area contributed by atoms with Crippen LogP contribution in [0.15, 0.2) is 30.5 Å². The molecule has 0 fully saturated rings. The Balaban J connectivity index is 2.17. The molecular weight excluding hydrogens is 353 g/mol. The maximum atomic E-state index is 12.4. The fourth-order valence-electron chi connectivity index (χ4n) is 1.87. The highest BCUT2D eigenvalue weighted by molar-refractivity contribution is 14.1. The second kappa shape index (κ2) is 5.73. The maximum absolute atomic E-state index is 12.4. The molecule has 1 aromatic carbocycles. The maximum Gasteiger partial charge on any atom is 0.254 e. The molecule has 0 aliphatic heterocycles. The average molecular weight is 369 g/mol. The molecule has 0 spiro atoms. The van der Waals surface area contributed by atoms with Crippen molar-refractivity contribution < 1.29 is 4.79 Å². The first kappa shape index (κ1) is 14.0. The number of carbonyl (C=O) groups excluding carboxylic acids is 1. The summed E-state index contributed by atoms with van der Waals surface area (Å²) in [6.07, 6.45) is 1.81. The molecule has 0 aliphatic carbocycles. The molecule has 0 radical (unpaired) electrons. The van der Waals surface area contributed by atoms with Gasteiger partial charge in [-0.25, -0.2) is 0 Å². The molecule has 0 unspecified atom stereocenters. The Bertz CT molecular complexity index is 606. The van der Waals surface area contributed by atoms with E-state index >= 15 is 0 Å². The van der Waals surface area contributed by atoms with E-state index in [0.717, 1.165) is 20.4 Å². The summed E-state index contributed by atoms with van der Waals surface area (Å²) >= 11 is 2.19. The number of rotatable bonds is 3. The number of aryl methyl sites for hydroxylation is 1. The van der Waals surface area contributed by atoms with Crippen LogP contribution in [0.3, 0.4) is 0 Å². The van der Waals surface area contributed by atoms with Crippen LogP contribution in [0.25, 0.3) is 0 Å². The fourth-order valence-corrected chi connectivity index (χ4v) is 2.49. The third kappa shape index (κ3) is 2.97. The van der Waals surface area contributed by atoms with Gasteiger partial charge in [-0.2, -0.15) is 5.10 Å². The molecule has 1 amide bonds. The molecule has 2 aromatic rings. The standard InChI is InChI=1S/C14H16IN3O/c1-10-11(8-16-18(10)3)9-17(2)14(19)12-6-4-5-7-13(12)15/h4-8H,9H2,1-3H3. The third-order valence-corrected chi connectivity index (χ3v) is 4.14. The Morgan fingerprint density at radius 1 is 1.42 bits per heavy atom. The van der Waals surface area contributed by atoms with E-state index in [9.17, 15) is 4.79 Å². The van der Waals surface area contributed by atoms with Crippen LogP contribution in [0.5, 0.6) is 0 Å². The highest BCUT2D eigenvalue weighted by atomic mass is 127. The first-order valence-corrected chi connectivity index (χ1v) is 7.06. The molecule has 2 rings (SSSR count). The van der Waals surface area contributed by atoms with Crippen LogP contribution in [0.1, 0.15) is 21.6 Å². The molecule has 0 N–H and O–H groups in total. The van der Waals surface area contributed by atoms with Crippen LogP contribution >= 0.6 is 22.6 Å². The Hall–Kier alpha value is -1.37. The lowest BCUT2D eigenvalue weighted by atomic mass is 10.2. The van der Waals surface area contributed by atoms with Gasteiger partial charge in [-0.05, 0) is 41.6 Å². The summed E-state index contributed by atoms with van der Waals surface area (Å²) in [5, 5.41) is 4.20. The quantitative estimate of drug-likeness (QED) is 0.781. The minimum atomic E-state index is 0.0354. The monoisotopic (exact) mass is 369 g/mol. The molecule has 5 heteroatoms. The molecule has 1 heterocycles. The van der Waals surface area contributed by atoms with E-state index < -0.39 is 0 Å². The van der Waals surface area contributed by atoms with Crippen LogP contribution in [-0.2, 0) is 13.6 Å². The van der Waals surface area contributed by atoms with Gasteiger partial charge in [0.2, 0.25) is 0 Å². The van der Waals surface area contributed by atoms with Crippen molar-refractivity contribution >= 4 is 28.5 Å². The lowest BCUT2D eigenvalue weighted by molar-refractivity contribution is 0.0784. The van der Waals surface area contributed by atoms with Crippen molar-refractivity contribution in [2.45, 2.75) is 13.5 Å². The van der Waals surface area contributed by atoms with Gasteiger partial charge >= 0.3 is 0 Å². The van der Waals surface area contributed by atoms with Crippen molar-refractivity contribution in [1.82, 2.24) is 14.7 Å². The van der Waals surface area contributed by atoms with Crippen LogP contribution < -0.4 is 0 Å². The first-order valence-electron chi connectivity index (χ1n) is 5.98. The van der Waals surface area contributed by atoms with Gasteiger partial charge in [-0.3, -0.25) is 9.48 Å². The zero-order valence-electron chi connectivity index (χ0n) is 11.2. The third-order valence-electron chi connectivity index (χ3n) is 3.20. The zero-order valence-corrected chi connectivity index (χ0v) is 13.4. The van der Waals surface area contributed by atoms with E-state index in [-0.39, 0.29) is 5.91 Å². The van der Waals surface area contributed by atoms with Gasteiger partial charge < -0.3 is 4.90 Å². The topological polar surface area (TPSA) is 38.1 Å². The summed E-state index contributed by atoms with van der Waals surface area (Å²) in [5.41, 5.74) is 2.90. The van der Waals surface area contributed by atoms with Crippen molar-refractivity contribution in [2.24, 2.45) is 7.05 Å². The number of benzene rings is 1. The number of aromatic nitrogens is 2. The summed E-state index contributed by atoms with van der Waals surface area (Å²) in [6, 6.07) is 7.62. The lowest BCUT2D eigenvalue weighted by Crippen LogP contribution is -2.27. The summed E-state index contributed by atoms with van der Waals surface area (Å²) < 4.78 is 2.79. The van der Waals surface area contributed by atoms with E-state index in [4.69, 9.17) is 0 Å². The fraction of sp³-hybridized carbons (Fsp3) is 0.286. The number of hydrogen-bond donors (Lipinski definition) is 0. The van der Waals surface area contributed by atoms with E-state index in [1.165, 1.54) is 0 Å². The van der Waals surface area contributed by atoms with Gasteiger partial charge in [-0.15, -0.1) is 0 Å². The van der Waals surface area contributed by atoms with Crippen molar-refractivity contribution in [2.75, 3.05) is 7.05 Å². The number of halogens is 1. The highest BCUT2D eigenvalue weighted by Crippen LogP contribution is 2.15. The van der Waals surface area contributed by atoms with Crippen molar-refractivity contribution in [3.05, 3.63) is 50.9 Å². The molecule has 0 saturated heterocycles. The second-order valence-corrected chi connectivity index (χ2v) is 5.68.